The van der Waals surface area contributed by atoms with Crippen molar-refractivity contribution in [1.82, 2.24) is 25.3 Å². The minimum atomic E-state index is 0. The fraction of sp³-hybridized carbons (Fsp3) is 0.955. The number of halogens is 1. The highest BCUT2D eigenvalue weighted by Gasteiger charge is 2.38. The van der Waals surface area contributed by atoms with Crippen LogP contribution in [0.25, 0.3) is 0 Å². The summed E-state index contributed by atoms with van der Waals surface area (Å²) in [7, 11) is 0. The van der Waals surface area contributed by atoms with Gasteiger partial charge in [-0.05, 0) is 26.3 Å². The maximum Gasteiger partial charge on any atom is 0.191 e. The van der Waals surface area contributed by atoms with Gasteiger partial charge in [-0.2, -0.15) is 0 Å². The van der Waals surface area contributed by atoms with E-state index in [9.17, 15) is 0 Å². The number of morpholine rings is 1. The van der Waals surface area contributed by atoms with Gasteiger partial charge in [-0.15, -0.1) is 24.0 Å². The van der Waals surface area contributed by atoms with Gasteiger partial charge in [0, 0.05) is 64.4 Å². The number of nitrogens with zero attached hydrogens (tertiary/aromatic N) is 4. The van der Waals surface area contributed by atoms with Crippen LogP contribution in [0.4, 0.5) is 0 Å². The van der Waals surface area contributed by atoms with E-state index >= 15 is 0 Å². The van der Waals surface area contributed by atoms with Crippen LogP contribution in [-0.2, 0) is 4.74 Å². The molecule has 0 aromatic rings. The van der Waals surface area contributed by atoms with E-state index in [2.05, 4.69) is 39.2 Å². The van der Waals surface area contributed by atoms with Gasteiger partial charge in [-0.25, -0.2) is 0 Å². The van der Waals surface area contributed by atoms with Crippen molar-refractivity contribution in [3.05, 3.63) is 0 Å². The van der Waals surface area contributed by atoms with Crippen LogP contribution in [0.3, 0.4) is 0 Å². The van der Waals surface area contributed by atoms with Crippen LogP contribution in [0.2, 0.25) is 0 Å². The van der Waals surface area contributed by atoms with Crippen molar-refractivity contribution in [2.24, 2.45) is 4.99 Å². The molecular weight excluding hydrogens is 491 g/mol. The fourth-order valence-electron chi connectivity index (χ4n) is 5.05. The van der Waals surface area contributed by atoms with Gasteiger partial charge in [0.1, 0.15) is 0 Å². The lowest BCUT2D eigenvalue weighted by Crippen LogP contribution is -2.56. The van der Waals surface area contributed by atoms with Crippen LogP contribution in [0.5, 0.6) is 0 Å². The molecule has 1 aliphatic carbocycles. The molecule has 176 valence electrons. The topological polar surface area (TPSA) is 55.4 Å². The van der Waals surface area contributed by atoms with Crippen molar-refractivity contribution in [3.63, 3.8) is 0 Å². The van der Waals surface area contributed by atoms with Crippen LogP contribution < -0.4 is 10.6 Å². The third-order valence-electron chi connectivity index (χ3n) is 6.97. The number of rotatable bonds is 8. The SMILES string of the molecule is CCNC(=NCC1(N2CCOCC2)CCCCC1)NCCN1CCN(CC)CC1.I. The predicted molar refractivity (Wildman–Crippen MR) is 136 cm³/mol. The number of guanidine groups is 1. The number of ether oxygens (including phenoxy) is 1. The Morgan fingerprint density at radius 3 is 2.20 bits per heavy atom. The first-order valence-corrected chi connectivity index (χ1v) is 12.1. The predicted octanol–water partition coefficient (Wildman–Crippen LogP) is 1.83. The minimum Gasteiger partial charge on any atom is -0.379 e. The molecule has 0 radical (unpaired) electrons. The second kappa shape index (κ2) is 14.1. The zero-order chi connectivity index (χ0) is 20.4. The van der Waals surface area contributed by atoms with Gasteiger partial charge in [0.05, 0.1) is 19.8 Å². The van der Waals surface area contributed by atoms with Gasteiger partial charge in [0.25, 0.3) is 0 Å². The lowest BCUT2D eigenvalue weighted by atomic mass is 9.80. The third-order valence-corrected chi connectivity index (χ3v) is 6.97. The van der Waals surface area contributed by atoms with Gasteiger partial charge < -0.3 is 20.3 Å². The summed E-state index contributed by atoms with van der Waals surface area (Å²) in [5.41, 5.74) is 0.237. The van der Waals surface area contributed by atoms with Crippen LogP contribution in [-0.4, -0.2) is 111 Å². The Morgan fingerprint density at radius 1 is 0.900 bits per heavy atom. The van der Waals surface area contributed by atoms with Gasteiger partial charge in [-0.1, -0.05) is 26.2 Å². The monoisotopic (exact) mass is 536 g/mol. The maximum absolute atomic E-state index is 5.61. The average Bonchev–Trinajstić information content (AvgIpc) is 2.79. The molecule has 0 bridgehead atoms. The van der Waals surface area contributed by atoms with Gasteiger partial charge in [0.2, 0.25) is 0 Å². The Balaban J connectivity index is 0.00000320. The molecule has 0 spiro atoms. The summed E-state index contributed by atoms with van der Waals surface area (Å²) < 4.78 is 5.61. The van der Waals surface area contributed by atoms with E-state index < -0.39 is 0 Å². The van der Waals surface area contributed by atoms with Crippen LogP contribution in [0.15, 0.2) is 4.99 Å². The molecule has 3 fully saturated rings. The zero-order valence-corrected chi connectivity index (χ0v) is 21.7. The van der Waals surface area contributed by atoms with E-state index in [1.807, 2.05) is 0 Å². The first kappa shape index (κ1) is 26.1. The van der Waals surface area contributed by atoms with Crippen LogP contribution in [0.1, 0.15) is 46.0 Å². The van der Waals surface area contributed by atoms with E-state index in [-0.39, 0.29) is 29.5 Å². The van der Waals surface area contributed by atoms with Crippen molar-refractivity contribution < 1.29 is 4.74 Å². The molecule has 0 aromatic heterocycles. The number of likely N-dealkylation sites (N-methyl/N-ethyl adjacent to an activating group) is 1. The molecule has 30 heavy (non-hydrogen) atoms. The summed E-state index contributed by atoms with van der Waals surface area (Å²) in [5, 5.41) is 7.06. The lowest BCUT2D eigenvalue weighted by molar-refractivity contribution is -0.0333. The Bertz CT molecular complexity index is 486. The Morgan fingerprint density at radius 2 is 1.57 bits per heavy atom. The van der Waals surface area contributed by atoms with Crippen molar-refractivity contribution in [1.29, 1.82) is 0 Å². The minimum absolute atomic E-state index is 0. The van der Waals surface area contributed by atoms with Gasteiger partial charge in [0.15, 0.2) is 5.96 Å². The molecule has 3 rings (SSSR count). The number of hydrogen-bond acceptors (Lipinski definition) is 5. The second-order valence-electron chi connectivity index (χ2n) is 8.78. The molecule has 7 nitrogen and oxygen atoms in total. The molecule has 2 aliphatic heterocycles. The summed E-state index contributed by atoms with van der Waals surface area (Å²) in [4.78, 5) is 12.9. The smallest absolute Gasteiger partial charge is 0.191 e. The molecule has 2 N–H and O–H groups in total. The van der Waals surface area contributed by atoms with Crippen molar-refractivity contribution in [2.45, 2.75) is 51.5 Å². The molecule has 0 amide bonds. The fourth-order valence-corrected chi connectivity index (χ4v) is 5.05. The Hall–Kier alpha value is -0.160. The third kappa shape index (κ3) is 7.76. The highest BCUT2D eigenvalue weighted by Crippen LogP contribution is 2.34. The Labute approximate surface area is 201 Å². The molecule has 2 saturated heterocycles. The molecule has 8 heteroatoms. The molecule has 3 aliphatic rings. The summed E-state index contributed by atoms with van der Waals surface area (Å²) in [6, 6.07) is 0. The molecule has 0 aromatic carbocycles. The zero-order valence-electron chi connectivity index (χ0n) is 19.3. The molecule has 0 unspecified atom stereocenters. The van der Waals surface area contributed by atoms with E-state index in [4.69, 9.17) is 9.73 Å². The van der Waals surface area contributed by atoms with E-state index in [0.29, 0.717) is 0 Å². The highest BCUT2D eigenvalue weighted by atomic mass is 127. The van der Waals surface area contributed by atoms with Crippen LogP contribution >= 0.6 is 24.0 Å². The van der Waals surface area contributed by atoms with Crippen LogP contribution in [0, 0.1) is 0 Å². The average molecular weight is 537 g/mol. The van der Waals surface area contributed by atoms with Gasteiger partial charge >= 0.3 is 0 Å². The Kier molecular flexibility index (Phi) is 12.2. The summed E-state index contributed by atoms with van der Waals surface area (Å²) in [5.74, 6) is 0.984. The van der Waals surface area contributed by atoms with Gasteiger partial charge in [-0.3, -0.25) is 14.8 Å². The molecule has 0 atom stereocenters. The van der Waals surface area contributed by atoms with E-state index in [1.54, 1.807) is 0 Å². The standard InChI is InChI=1S/C22H44N6O.HI/c1-3-23-21(24-10-11-27-14-12-26(4-2)13-15-27)25-20-22(8-6-5-7-9-22)28-16-18-29-19-17-28;/h3-20H2,1-2H3,(H2,23,24,25);1H. The second-order valence-corrected chi connectivity index (χ2v) is 8.78. The summed E-state index contributed by atoms with van der Waals surface area (Å²) in [6.07, 6.45) is 6.59. The molecule has 1 saturated carbocycles. The normalized spacial score (nSPS) is 24.3. The van der Waals surface area contributed by atoms with Crippen molar-refractivity contribution in [3.8, 4) is 0 Å². The largest absolute Gasteiger partial charge is 0.379 e. The van der Waals surface area contributed by atoms with E-state index in [0.717, 1.165) is 58.4 Å². The highest BCUT2D eigenvalue weighted by molar-refractivity contribution is 14.0. The number of piperazine rings is 1. The summed E-state index contributed by atoms with van der Waals surface area (Å²) in [6.45, 7) is 18.1. The number of nitrogens with one attached hydrogen (secondary N) is 2. The maximum atomic E-state index is 5.61. The molecule has 2 heterocycles. The summed E-state index contributed by atoms with van der Waals surface area (Å²) >= 11 is 0. The van der Waals surface area contributed by atoms with Crippen molar-refractivity contribution in [2.75, 3.05) is 85.2 Å². The van der Waals surface area contributed by atoms with Crippen molar-refractivity contribution >= 4 is 29.9 Å². The quantitative estimate of drug-likeness (QED) is 0.281. The lowest BCUT2D eigenvalue weighted by Gasteiger charge is -2.47. The number of aliphatic imine (C=N–C) groups is 1. The van der Waals surface area contributed by atoms with E-state index in [1.165, 1.54) is 64.8 Å². The number of hydrogen-bond donors (Lipinski definition) is 2. The molecular formula is C22H45IN6O. The first-order valence-electron chi connectivity index (χ1n) is 12.1. The first-order chi connectivity index (χ1) is 14.3.